The third-order valence-corrected chi connectivity index (χ3v) is 7.27. The van der Waals surface area contributed by atoms with Crippen LogP contribution in [0.4, 0.5) is 0 Å². The average Bonchev–Trinajstić information content (AvgIpc) is 2.94. The number of carbonyl (C=O) groups is 2. The van der Waals surface area contributed by atoms with Gasteiger partial charge in [0.1, 0.15) is 12.6 Å². The van der Waals surface area contributed by atoms with Gasteiger partial charge in [-0.3, -0.25) is 9.59 Å². The molecule has 2 amide bonds. The lowest BCUT2D eigenvalue weighted by Gasteiger charge is -2.23. The number of nitrogens with zero attached hydrogens (tertiary/aromatic N) is 1. The number of hydrogen-bond acceptors (Lipinski definition) is 4. The van der Waals surface area contributed by atoms with E-state index in [1.54, 1.807) is 0 Å². The Hall–Kier alpha value is -1.96. The van der Waals surface area contributed by atoms with E-state index in [1.807, 2.05) is 30.3 Å². The van der Waals surface area contributed by atoms with Gasteiger partial charge in [-0.2, -0.15) is 0 Å². The van der Waals surface area contributed by atoms with Crippen molar-refractivity contribution in [2.45, 2.75) is 109 Å². The van der Waals surface area contributed by atoms with Gasteiger partial charge in [-0.25, -0.2) is 0 Å². The van der Waals surface area contributed by atoms with Gasteiger partial charge in [0.2, 0.25) is 11.8 Å². The smallest absolute Gasteiger partial charge is 0.243 e. The molecule has 0 aliphatic carbocycles. The minimum absolute atomic E-state index is 0.0496. The molecular formula is C34H62N3O4+. The van der Waals surface area contributed by atoms with Gasteiger partial charge in [0.05, 0.1) is 47.6 Å². The molecule has 0 radical (unpaired) electrons. The van der Waals surface area contributed by atoms with Gasteiger partial charge < -0.3 is 24.6 Å². The first kappa shape index (κ1) is 37.1. The lowest BCUT2D eigenvalue weighted by Crippen LogP contribution is -2.48. The van der Waals surface area contributed by atoms with E-state index >= 15 is 0 Å². The molecule has 1 aromatic carbocycles. The Kier molecular flexibility index (Phi) is 22.3. The highest BCUT2D eigenvalue weighted by molar-refractivity contribution is 5.87. The van der Waals surface area contributed by atoms with Crippen molar-refractivity contribution in [3.8, 4) is 0 Å². The highest BCUT2D eigenvalue weighted by atomic mass is 16.5. The number of quaternary nitrogens is 1. The predicted octanol–water partition coefficient (Wildman–Crippen LogP) is 6.05. The molecule has 0 saturated heterocycles. The molecule has 0 saturated carbocycles. The lowest BCUT2D eigenvalue weighted by molar-refractivity contribution is -0.870. The topological polar surface area (TPSA) is 76.7 Å². The van der Waals surface area contributed by atoms with E-state index in [4.69, 9.17) is 9.47 Å². The van der Waals surface area contributed by atoms with E-state index < -0.39 is 6.04 Å². The Balaban J connectivity index is 2.22. The van der Waals surface area contributed by atoms with Gasteiger partial charge in [0, 0.05) is 19.4 Å². The van der Waals surface area contributed by atoms with E-state index in [0.717, 1.165) is 29.4 Å². The first-order chi connectivity index (χ1) is 19.8. The van der Waals surface area contributed by atoms with E-state index in [-0.39, 0.29) is 11.8 Å². The second kappa shape index (κ2) is 24.6. The summed E-state index contributed by atoms with van der Waals surface area (Å²) in [5, 5.41) is 5.91. The maximum absolute atomic E-state index is 12.9. The highest BCUT2D eigenvalue weighted by Crippen LogP contribution is 2.13. The summed E-state index contributed by atoms with van der Waals surface area (Å²) < 4.78 is 12.1. The summed E-state index contributed by atoms with van der Waals surface area (Å²) >= 11 is 0. The zero-order valence-electron chi connectivity index (χ0n) is 26.9. The van der Waals surface area contributed by atoms with Crippen molar-refractivity contribution >= 4 is 11.8 Å². The first-order valence-electron chi connectivity index (χ1n) is 16.4. The molecule has 0 spiro atoms. The van der Waals surface area contributed by atoms with Crippen LogP contribution >= 0.6 is 0 Å². The molecule has 0 fully saturated rings. The monoisotopic (exact) mass is 576 g/mol. The average molecular weight is 577 g/mol. The molecule has 7 heteroatoms. The quantitative estimate of drug-likeness (QED) is 0.0987. The minimum Gasteiger partial charge on any atom is -0.377 e. The van der Waals surface area contributed by atoms with E-state index in [1.165, 1.54) is 70.6 Å². The summed E-state index contributed by atoms with van der Waals surface area (Å²) in [5.41, 5.74) is 1.02. The number of likely N-dealkylation sites (N-methyl/N-ethyl adjacent to an activating group) is 1. The summed E-state index contributed by atoms with van der Waals surface area (Å²) in [6.07, 6.45) is 17.5. The lowest BCUT2D eigenvalue weighted by atomic mass is 10.0. The fourth-order valence-electron chi connectivity index (χ4n) is 4.66. The number of unbranched alkanes of at least 4 members (excludes halogenated alkanes) is 12. The molecule has 0 aliphatic heterocycles. The maximum atomic E-state index is 12.9. The Morgan fingerprint density at radius 1 is 0.732 bits per heavy atom. The molecule has 1 aromatic rings. The van der Waals surface area contributed by atoms with Crippen molar-refractivity contribution in [2.24, 2.45) is 0 Å². The van der Waals surface area contributed by atoms with Crippen LogP contribution < -0.4 is 10.6 Å². The third-order valence-electron chi connectivity index (χ3n) is 7.27. The molecular weight excluding hydrogens is 514 g/mol. The van der Waals surface area contributed by atoms with Crippen LogP contribution in [0.2, 0.25) is 0 Å². The second-order valence-electron chi connectivity index (χ2n) is 12.3. The Bertz CT molecular complexity index is 767. The number of benzene rings is 1. The molecule has 1 atom stereocenters. The molecule has 1 unspecified atom stereocenters. The van der Waals surface area contributed by atoms with Crippen molar-refractivity contribution in [1.82, 2.24) is 10.6 Å². The van der Waals surface area contributed by atoms with Crippen LogP contribution in [0.1, 0.15) is 102 Å². The summed E-state index contributed by atoms with van der Waals surface area (Å²) in [5.74, 6) is -0.221. The van der Waals surface area contributed by atoms with Crippen molar-refractivity contribution in [3.05, 3.63) is 35.9 Å². The van der Waals surface area contributed by atoms with Crippen molar-refractivity contribution < 1.29 is 23.5 Å². The van der Waals surface area contributed by atoms with Gasteiger partial charge in [0.25, 0.3) is 0 Å². The largest absolute Gasteiger partial charge is 0.377 e. The fraction of sp³-hybridized carbons (Fsp3) is 0.765. The molecule has 0 bridgehead atoms. The number of amides is 2. The standard InChI is InChI=1S/C34H61N3O4/c1-5-6-7-8-9-10-11-12-13-14-15-16-20-23-33(38)36-32(30-31-21-18-17-19-22-31)34(39)35-24-26-40-28-29-41-27-25-37(2,3)4/h17-19,21-22,32H,5-16,20,23-30H2,1-4H3,(H-,35,36,38,39)/p+1. The maximum Gasteiger partial charge on any atom is 0.243 e. The molecule has 1 rings (SSSR count). The van der Waals surface area contributed by atoms with Crippen LogP contribution in [0, 0.1) is 0 Å². The molecule has 0 aliphatic rings. The Labute approximate surface area is 251 Å². The number of ether oxygens (including phenoxy) is 2. The van der Waals surface area contributed by atoms with Gasteiger partial charge in [0.15, 0.2) is 0 Å². The minimum atomic E-state index is -0.592. The second-order valence-corrected chi connectivity index (χ2v) is 12.3. The fourth-order valence-corrected chi connectivity index (χ4v) is 4.66. The number of hydrogen-bond donors (Lipinski definition) is 2. The van der Waals surface area contributed by atoms with Crippen molar-refractivity contribution in [2.75, 3.05) is 60.7 Å². The Morgan fingerprint density at radius 2 is 1.27 bits per heavy atom. The van der Waals surface area contributed by atoms with Crippen LogP contribution in [0.5, 0.6) is 0 Å². The van der Waals surface area contributed by atoms with Crippen LogP contribution in [0.15, 0.2) is 30.3 Å². The molecule has 0 aromatic heterocycles. The summed E-state index contributed by atoms with van der Waals surface area (Å²) in [7, 11) is 6.40. The van der Waals surface area contributed by atoms with Crippen molar-refractivity contribution in [1.29, 1.82) is 0 Å². The van der Waals surface area contributed by atoms with Crippen LogP contribution in [-0.2, 0) is 25.5 Å². The van der Waals surface area contributed by atoms with Crippen LogP contribution in [-0.4, -0.2) is 83.0 Å². The van der Waals surface area contributed by atoms with E-state index in [0.29, 0.717) is 45.8 Å². The summed E-state index contributed by atoms with van der Waals surface area (Å²) in [6.45, 7) is 5.76. The number of rotatable bonds is 27. The molecule has 236 valence electrons. The molecule has 2 N–H and O–H groups in total. The molecule has 0 heterocycles. The van der Waals surface area contributed by atoms with E-state index in [2.05, 4.69) is 38.7 Å². The van der Waals surface area contributed by atoms with Gasteiger partial charge >= 0.3 is 0 Å². The zero-order valence-corrected chi connectivity index (χ0v) is 26.9. The van der Waals surface area contributed by atoms with Gasteiger partial charge in [-0.1, -0.05) is 114 Å². The number of nitrogens with one attached hydrogen (secondary N) is 2. The zero-order chi connectivity index (χ0) is 30.0. The number of carbonyl (C=O) groups excluding carboxylic acids is 2. The highest BCUT2D eigenvalue weighted by Gasteiger charge is 2.20. The van der Waals surface area contributed by atoms with E-state index in [9.17, 15) is 9.59 Å². The third kappa shape index (κ3) is 23.3. The predicted molar refractivity (Wildman–Crippen MR) is 170 cm³/mol. The summed E-state index contributed by atoms with van der Waals surface area (Å²) in [4.78, 5) is 25.6. The Morgan fingerprint density at radius 3 is 1.83 bits per heavy atom. The van der Waals surface area contributed by atoms with Crippen LogP contribution in [0.25, 0.3) is 0 Å². The summed E-state index contributed by atoms with van der Waals surface area (Å²) in [6, 6.07) is 9.24. The van der Waals surface area contributed by atoms with Crippen LogP contribution in [0.3, 0.4) is 0 Å². The van der Waals surface area contributed by atoms with Gasteiger partial charge in [-0.15, -0.1) is 0 Å². The molecule has 41 heavy (non-hydrogen) atoms. The first-order valence-corrected chi connectivity index (χ1v) is 16.4. The molecule has 7 nitrogen and oxygen atoms in total. The van der Waals surface area contributed by atoms with Gasteiger partial charge in [-0.05, 0) is 12.0 Å². The SMILES string of the molecule is CCCCCCCCCCCCCCCC(=O)NC(Cc1ccccc1)C(=O)NCCOCCOCC[N+](C)(C)C. The normalized spacial score (nSPS) is 12.3. The van der Waals surface area contributed by atoms with Crippen molar-refractivity contribution in [3.63, 3.8) is 0 Å².